The van der Waals surface area contributed by atoms with Crippen LogP contribution in [-0.2, 0) is 4.79 Å². The monoisotopic (exact) mass is 299 g/mol. The third-order valence-electron chi connectivity index (χ3n) is 3.25. The van der Waals surface area contributed by atoms with Gasteiger partial charge in [0.1, 0.15) is 5.82 Å². The minimum atomic E-state index is -0.704. The summed E-state index contributed by atoms with van der Waals surface area (Å²) in [6.07, 6.45) is 4.19. The van der Waals surface area contributed by atoms with Crippen molar-refractivity contribution in [2.45, 2.75) is 58.8 Å². The highest BCUT2D eigenvalue weighted by molar-refractivity contribution is 7.09. The van der Waals surface area contributed by atoms with Crippen LogP contribution in [0.3, 0.4) is 0 Å². The van der Waals surface area contributed by atoms with Crippen molar-refractivity contribution in [3.05, 3.63) is 5.82 Å². The number of carboxylic acids is 1. The van der Waals surface area contributed by atoms with Gasteiger partial charge < -0.3 is 10.4 Å². The van der Waals surface area contributed by atoms with Crippen LogP contribution in [0.25, 0.3) is 0 Å². The molecule has 0 fully saturated rings. The Labute approximate surface area is 125 Å². The molecule has 0 aromatic carbocycles. The second kappa shape index (κ2) is 8.89. The van der Waals surface area contributed by atoms with Crippen LogP contribution in [0, 0.1) is 5.92 Å². The summed E-state index contributed by atoms with van der Waals surface area (Å²) in [7, 11) is 0. The smallest absolute Gasteiger partial charge is 0.303 e. The number of hydrogen-bond acceptors (Lipinski definition) is 5. The molecule has 0 spiro atoms. The normalized spacial score (nSPS) is 12.6. The number of carbonyl (C=O) groups is 1. The third kappa shape index (κ3) is 6.32. The second-order valence-electron chi connectivity index (χ2n) is 5.41. The van der Waals surface area contributed by atoms with Gasteiger partial charge in [-0.3, -0.25) is 4.79 Å². The summed E-state index contributed by atoms with van der Waals surface area (Å²) in [5.74, 6) is 1.00. The maximum absolute atomic E-state index is 10.6. The molecule has 1 aromatic rings. The molecular formula is C14H25N3O2S. The average molecular weight is 299 g/mol. The van der Waals surface area contributed by atoms with E-state index in [0.717, 1.165) is 43.2 Å². The molecule has 1 atom stereocenters. The number of anilines is 1. The number of carboxylic acid groups (broad SMARTS) is 1. The summed E-state index contributed by atoms with van der Waals surface area (Å²) in [4.78, 5) is 15.1. The summed E-state index contributed by atoms with van der Waals surface area (Å²) >= 11 is 1.39. The fourth-order valence-corrected chi connectivity index (χ4v) is 2.83. The molecule has 1 unspecified atom stereocenters. The van der Waals surface area contributed by atoms with E-state index in [1.165, 1.54) is 11.5 Å². The average Bonchev–Trinajstić information content (AvgIpc) is 2.85. The van der Waals surface area contributed by atoms with E-state index in [0.29, 0.717) is 11.8 Å². The van der Waals surface area contributed by atoms with Crippen molar-refractivity contribution in [1.29, 1.82) is 0 Å². The van der Waals surface area contributed by atoms with Crippen molar-refractivity contribution in [2.24, 2.45) is 5.92 Å². The van der Waals surface area contributed by atoms with Gasteiger partial charge in [0, 0.05) is 30.4 Å². The molecule has 0 saturated carbocycles. The third-order valence-corrected chi connectivity index (χ3v) is 3.94. The van der Waals surface area contributed by atoms with E-state index in [1.54, 1.807) is 0 Å². The zero-order valence-electron chi connectivity index (χ0n) is 12.6. The molecule has 0 amide bonds. The lowest BCUT2D eigenvalue weighted by atomic mass is 9.94. The van der Waals surface area contributed by atoms with Gasteiger partial charge >= 0.3 is 5.97 Å². The second-order valence-corrected chi connectivity index (χ2v) is 6.17. The number of rotatable bonds is 10. The summed E-state index contributed by atoms with van der Waals surface area (Å²) in [6.45, 7) is 7.13. The zero-order chi connectivity index (χ0) is 15.0. The standard InChI is InChI=1S/C14H25N3O2S/c1-4-5-11(6-7-12(18)19)8-9-15-14-16-13(10(2)3)17-20-14/h10-11H,4-9H2,1-3H3,(H,18,19)(H,15,16,17). The van der Waals surface area contributed by atoms with E-state index >= 15 is 0 Å². The minimum Gasteiger partial charge on any atom is -0.481 e. The molecular weight excluding hydrogens is 274 g/mol. The summed E-state index contributed by atoms with van der Waals surface area (Å²) < 4.78 is 4.30. The van der Waals surface area contributed by atoms with Gasteiger partial charge in [-0.1, -0.05) is 33.6 Å². The Morgan fingerprint density at radius 1 is 1.35 bits per heavy atom. The fraction of sp³-hybridized carbons (Fsp3) is 0.786. The van der Waals surface area contributed by atoms with Crippen molar-refractivity contribution in [3.8, 4) is 0 Å². The maximum atomic E-state index is 10.6. The summed E-state index contributed by atoms with van der Waals surface area (Å²) in [5.41, 5.74) is 0. The van der Waals surface area contributed by atoms with Gasteiger partial charge in [-0.25, -0.2) is 4.98 Å². The highest BCUT2D eigenvalue weighted by Crippen LogP contribution is 2.20. The highest BCUT2D eigenvalue weighted by atomic mass is 32.1. The van der Waals surface area contributed by atoms with Crippen LogP contribution in [-0.4, -0.2) is 27.0 Å². The first-order valence-corrected chi connectivity index (χ1v) is 8.09. The Balaban J connectivity index is 2.33. The van der Waals surface area contributed by atoms with Crippen LogP contribution >= 0.6 is 11.5 Å². The van der Waals surface area contributed by atoms with E-state index in [4.69, 9.17) is 5.11 Å². The quantitative estimate of drug-likeness (QED) is 0.688. The van der Waals surface area contributed by atoms with E-state index in [-0.39, 0.29) is 6.42 Å². The van der Waals surface area contributed by atoms with E-state index in [1.807, 2.05) is 0 Å². The molecule has 1 heterocycles. The SMILES string of the molecule is CCCC(CCNc1nc(C(C)C)ns1)CCC(=O)O. The Bertz CT molecular complexity index is 407. The minimum absolute atomic E-state index is 0.265. The van der Waals surface area contributed by atoms with Crippen LogP contribution in [0.1, 0.15) is 64.6 Å². The molecule has 0 saturated heterocycles. The fourth-order valence-electron chi connectivity index (χ4n) is 2.09. The van der Waals surface area contributed by atoms with E-state index in [2.05, 4.69) is 35.4 Å². The Hall–Kier alpha value is -1.17. The Morgan fingerprint density at radius 3 is 2.65 bits per heavy atom. The number of aliphatic carboxylic acids is 1. The van der Waals surface area contributed by atoms with E-state index < -0.39 is 5.97 Å². The molecule has 2 N–H and O–H groups in total. The molecule has 5 nitrogen and oxygen atoms in total. The van der Waals surface area contributed by atoms with Gasteiger partial charge in [-0.15, -0.1) is 0 Å². The zero-order valence-corrected chi connectivity index (χ0v) is 13.4. The molecule has 0 aliphatic heterocycles. The molecule has 1 rings (SSSR count). The lowest BCUT2D eigenvalue weighted by Crippen LogP contribution is -2.11. The first-order chi connectivity index (χ1) is 9.52. The van der Waals surface area contributed by atoms with Crippen LogP contribution in [0.4, 0.5) is 5.13 Å². The molecule has 0 aliphatic carbocycles. The molecule has 20 heavy (non-hydrogen) atoms. The van der Waals surface area contributed by atoms with E-state index in [9.17, 15) is 4.79 Å². The topological polar surface area (TPSA) is 75.1 Å². The lowest BCUT2D eigenvalue weighted by Gasteiger charge is -2.14. The number of aromatic nitrogens is 2. The van der Waals surface area contributed by atoms with Gasteiger partial charge in [0.05, 0.1) is 0 Å². The van der Waals surface area contributed by atoms with Crippen molar-refractivity contribution in [3.63, 3.8) is 0 Å². The lowest BCUT2D eigenvalue weighted by molar-refractivity contribution is -0.137. The van der Waals surface area contributed by atoms with Crippen LogP contribution in [0.15, 0.2) is 0 Å². The largest absolute Gasteiger partial charge is 0.481 e. The summed E-state index contributed by atoms with van der Waals surface area (Å²) in [5, 5.41) is 12.9. The first-order valence-electron chi connectivity index (χ1n) is 7.32. The molecule has 0 radical (unpaired) electrons. The van der Waals surface area contributed by atoms with Crippen LogP contribution in [0.2, 0.25) is 0 Å². The van der Waals surface area contributed by atoms with Gasteiger partial charge in [0.25, 0.3) is 0 Å². The van der Waals surface area contributed by atoms with Gasteiger partial charge in [-0.2, -0.15) is 4.37 Å². The van der Waals surface area contributed by atoms with Crippen LogP contribution in [0.5, 0.6) is 0 Å². The molecule has 0 aliphatic rings. The van der Waals surface area contributed by atoms with Crippen LogP contribution < -0.4 is 5.32 Å². The van der Waals surface area contributed by atoms with Gasteiger partial charge in [0.2, 0.25) is 5.13 Å². The number of nitrogens with one attached hydrogen (secondary N) is 1. The van der Waals surface area contributed by atoms with Gasteiger partial charge in [-0.05, 0) is 18.8 Å². The van der Waals surface area contributed by atoms with Gasteiger partial charge in [0.15, 0.2) is 0 Å². The molecule has 1 aromatic heterocycles. The maximum Gasteiger partial charge on any atom is 0.303 e. The Kier molecular flexibility index (Phi) is 7.51. The number of nitrogens with zero attached hydrogens (tertiary/aromatic N) is 2. The predicted octanol–water partition coefficient (Wildman–Crippen LogP) is 3.74. The first kappa shape index (κ1) is 16.9. The highest BCUT2D eigenvalue weighted by Gasteiger charge is 2.11. The predicted molar refractivity (Wildman–Crippen MR) is 82.4 cm³/mol. The summed E-state index contributed by atoms with van der Waals surface area (Å²) in [6, 6.07) is 0. The van der Waals surface area contributed by atoms with Crippen molar-refractivity contribution in [2.75, 3.05) is 11.9 Å². The van der Waals surface area contributed by atoms with Crippen molar-refractivity contribution < 1.29 is 9.90 Å². The Morgan fingerprint density at radius 2 is 2.10 bits per heavy atom. The molecule has 0 bridgehead atoms. The van der Waals surface area contributed by atoms with Crippen molar-refractivity contribution >= 4 is 22.6 Å². The molecule has 6 heteroatoms. The number of hydrogen-bond donors (Lipinski definition) is 2. The van der Waals surface area contributed by atoms with Crippen molar-refractivity contribution in [1.82, 2.24) is 9.36 Å². The molecule has 114 valence electrons.